The third-order valence-corrected chi connectivity index (χ3v) is 7.79. The number of hydrogen-bond donors (Lipinski definition) is 0. The lowest BCUT2D eigenvalue weighted by Crippen LogP contribution is -2.21. The van der Waals surface area contributed by atoms with Crippen molar-refractivity contribution >= 4 is 33.3 Å². The van der Waals surface area contributed by atoms with Gasteiger partial charge in [0.1, 0.15) is 10.6 Å². The molecule has 0 aliphatic heterocycles. The summed E-state index contributed by atoms with van der Waals surface area (Å²) >= 11 is 3.32. The summed E-state index contributed by atoms with van der Waals surface area (Å²) in [5, 5.41) is 1.51. The molecule has 2 aromatic carbocycles. The minimum Gasteiger partial charge on any atom is -0.497 e. The summed E-state index contributed by atoms with van der Waals surface area (Å²) in [6.07, 6.45) is 4.08. The van der Waals surface area contributed by atoms with Crippen LogP contribution in [0, 0.1) is 6.92 Å². The Bertz CT molecular complexity index is 1250. The lowest BCUT2D eigenvalue weighted by Gasteiger charge is -2.13. The predicted octanol–water partition coefficient (Wildman–Crippen LogP) is 6.44. The van der Waals surface area contributed by atoms with Gasteiger partial charge in [-0.2, -0.15) is 0 Å². The van der Waals surface area contributed by atoms with Crippen molar-refractivity contribution in [2.45, 2.75) is 44.7 Å². The van der Waals surface area contributed by atoms with Gasteiger partial charge in [0.05, 0.1) is 18.2 Å². The first-order valence-corrected chi connectivity index (χ1v) is 12.8. The van der Waals surface area contributed by atoms with Gasteiger partial charge in [-0.05, 0) is 61.6 Å². The zero-order chi connectivity index (χ0) is 22.5. The Labute approximate surface area is 197 Å². The molecule has 4 nitrogen and oxygen atoms in total. The van der Waals surface area contributed by atoms with Crippen LogP contribution in [0.25, 0.3) is 15.9 Å². The Hall–Kier alpha value is -2.57. The van der Waals surface area contributed by atoms with E-state index in [9.17, 15) is 4.79 Å². The summed E-state index contributed by atoms with van der Waals surface area (Å²) in [5.74, 6) is 1.67. The molecule has 0 bridgehead atoms. The molecule has 0 saturated heterocycles. The van der Waals surface area contributed by atoms with E-state index < -0.39 is 0 Å². The topological polar surface area (TPSA) is 44.1 Å². The van der Waals surface area contributed by atoms with Crippen molar-refractivity contribution in [1.82, 2.24) is 9.55 Å². The summed E-state index contributed by atoms with van der Waals surface area (Å²) in [4.78, 5) is 20.8. The van der Waals surface area contributed by atoms with E-state index >= 15 is 0 Å². The number of aryl methyl sites for hydroxylation is 3. The first kappa shape index (κ1) is 22.6. The van der Waals surface area contributed by atoms with Gasteiger partial charge < -0.3 is 4.74 Å². The quantitative estimate of drug-likeness (QED) is 0.162. The Balaban J connectivity index is 1.70. The Kier molecular flexibility index (Phi) is 7.33. The van der Waals surface area contributed by atoms with Crippen molar-refractivity contribution < 1.29 is 4.74 Å². The zero-order valence-electron chi connectivity index (χ0n) is 18.8. The molecule has 0 amide bonds. The number of ether oxygens (including phenoxy) is 1. The van der Waals surface area contributed by atoms with Crippen molar-refractivity contribution in [3.8, 4) is 11.4 Å². The standard InChI is InChI=1S/C26H28N2O2S2/c1-4-9-22-18(2)23-24(32-22)27-26(31-17-8-12-19-10-6-5-7-11-19)28(25(23)29)20-13-15-21(30-3)16-14-20/h5-7,10-11,13-16H,4,8-9,12,17H2,1-3H3. The maximum absolute atomic E-state index is 13.7. The number of nitrogens with zero attached hydrogens (tertiary/aromatic N) is 2. The molecule has 6 heteroatoms. The van der Waals surface area contributed by atoms with E-state index in [0.29, 0.717) is 0 Å². The largest absolute Gasteiger partial charge is 0.497 e. The molecule has 2 heterocycles. The van der Waals surface area contributed by atoms with E-state index in [4.69, 9.17) is 9.72 Å². The van der Waals surface area contributed by atoms with Gasteiger partial charge in [-0.1, -0.05) is 55.4 Å². The fourth-order valence-electron chi connectivity index (χ4n) is 3.82. The Morgan fingerprint density at radius 2 is 1.81 bits per heavy atom. The summed E-state index contributed by atoms with van der Waals surface area (Å²) in [6, 6.07) is 18.1. The molecular weight excluding hydrogens is 436 g/mol. The second kappa shape index (κ2) is 10.4. The molecule has 0 N–H and O–H groups in total. The van der Waals surface area contributed by atoms with Crippen LogP contribution in [-0.4, -0.2) is 22.4 Å². The Morgan fingerprint density at radius 3 is 2.50 bits per heavy atom. The molecule has 0 aliphatic rings. The van der Waals surface area contributed by atoms with E-state index in [-0.39, 0.29) is 5.56 Å². The molecule has 32 heavy (non-hydrogen) atoms. The van der Waals surface area contributed by atoms with Crippen LogP contribution in [0.2, 0.25) is 0 Å². The number of thiophene rings is 1. The predicted molar refractivity (Wildman–Crippen MR) is 136 cm³/mol. The highest BCUT2D eigenvalue weighted by Gasteiger charge is 2.19. The van der Waals surface area contributed by atoms with Gasteiger partial charge in [0.25, 0.3) is 5.56 Å². The fraction of sp³-hybridized carbons (Fsp3) is 0.308. The van der Waals surface area contributed by atoms with E-state index in [1.807, 2.05) is 30.3 Å². The lowest BCUT2D eigenvalue weighted by molar-refractivity contribution is 0.414. The molecule has 4 rings (SSSR count). The second-order valence-corrected chi connectivity index (χ2v) is 9.90. The fourth-order valence-corrected chi connectivity index (χ4v) is 6.09. The van der Waals surface area contributed by atoms with Crippen LogP contribution in [0.4, 0.5) is 0 Å². The molecule has 0 fully saturated rings. The third kappa shape index (κ3) is 4.76. The number of hydrogen-bond acceptors (Lipinski definition) is 5. The van der Waals surface area contributed by atoms with E-state index in [1.165, 1.54) is 10.4 Å². The first-order valence-electron chi connectivity index (χ1n) is 11.0. The van der Waals surface area contributed by atoms with Crippen molar-refractivity contribution in [1.29, 1.82) is 0 Å². The van der Waals surface area contributed by atoms with Crippen molar-refractivity contribution in [2.24, 2.45) is 0 Å². The Morgan fingerprint density at radius 1 is 1.06 bits per heavy atom. The number of thioether (sulfide) groups is 1. The van der Waals surface area contributed by atoms with Crippen molar-refractivity contribution in [3.05, 3.63) is 81.0 Å². The van der Waals surface area contributed by atoms with Crippen LogP contribution in [0.15, 0.2) is 64.5 Å². The van der Waals surface area contributed by atoms with E-state index in [0.717, 1.165) is 63.8 Å². The molecule has 2 aromatic heterocycles. The van der Waals surface area contributed by atoms with Gasteiger partial charge in [-0.15, -0.1) is 11.3 Å². The minimum absolute atomic E-state index is 0.0156. The molecule has 0 aliphatic carbocycles. The number of aromatic nitrogens is 2. The first-order chi connectivity index (χ1) is 15.6. The second-order valence-electron chi connectivity index (χ2n) is 7.75. The van der Waals surface area contributed by atoms with E-state index in [1.54, 1.807) is 34.8 Å². The summed E-state index contributed by atoms with van der Waals surface area (Å²) in [5.41, 5.74) is 3.25. The molecule has 0 saturated carbocycles. The molecule has 0 radical (unpaired) electrons. The maximum atomic E-state index is 13.7. The monoisotopic (exact) mass is 464 g/mol. The average molecular weight is 465 g/mol. The van der Waals surface area contributed by atoms with Crippen LogP contribution < -0.4 is 10.3 Å². The number of methoxy groups -OCH3 is 1. The highest BCUT2D eigenvalue weighted by Crippen LogP contribution is 2.31. The molecule has 0 atom stereocenters. The molecule has 4 aromatic rings. The summed E-state index contributed by atoms with van der Waals surface area (Å²) in [7, 11) is 1.65. The van der Waals surface area contributed by atoms with Gasteiger partial charge in [0, 0.05) is 10.6 Å². The van der Waals surface area contributed by atoms with Crippen LogP contribution in [0.1, 0.15) is 35.8 Å². The van der Waals surface area contributed by atoms with Crippen LogP contribution >= 0.6 is 23.1 Å². The van der Waals surface area contributed by atoms with Gasteiger partial charge in [0.2, 0.25) is 0 Å². The highest BCUT2D eigenvalue weighted by molar-refractivity contribution is 7.99. The normalized spacial score (nSPS) is 11.2. The number of benzene rings is 2. The lowest BCUT2D eigenvalue weighted by atomic mass is 10.1. The SMILES string of the molecule is CCCc1sc2nc(SCCCc3ccccc3)n(-c3ccc(OC)cc3)c(=O)c2c1C. The van der Waals surface area contributed by atoms with Crippen LogP contribution in [-0.2, 0) is 12.8 Å². The maximum Gasteiger partial charge on any atom is 0.267 e. The van der Waals surface area contributed by atoms with Crippen molar-refractivity contribution in [2.75, 3.05) is 12.9 Å². The smallest absolute Gasteiger partial charge is 0.267 e. The van der Waals surface area contributed by atoms with Crippen LogP contribution in [0.3, 0.4) is 0 Å². The zero-order valence-corrected chi connectivity index (χ0v) is 20.4. The average Bonchev–Trinajstić information content (AvgIpc) is 3.13. The molecule has 0 unspecified atom stereocenters. The number of fused-ring (bicyclic) bond motifs is 1. The minimum atomic E-state index is 0.0156. The summed E-state index contributed by atoms with van der Waals surface area (Å²) in [6.45, 7) is 4.22. The highest BCUT2D eigenvalue weighted by atomic mass is 32.2. The van der Waals surface area contributed by atoms with Gasteiger partial charge in [-0.25, -0.2) is 4.98 Å². The van der Waals surface area contributed by atoms with Gasteiger partial charge >= 0.3 is 0 Å². The van der Waals surface area contributed by atoms with Crippen molar-refractivity contribution in [3.63, 3.8) is 0 Å². The molecule has 0 spiro atoms. The van der Waals surface area contributed by atoms with Gasteiger partial charge in [-0.3, -0.25) is 9.36 Å². The molecular formula is C26H28N2O2S2. The number of rotatable bonds is 9. The van der Waals surface area contributed by atoms with Gasteiger partial charge in [0.15, 0.2) is 5.16 Å². The molecule has 166 valence electrons. The van der Waals surface area contributed by atoms with E-state index in [2.05, 4.69) is 38.1 Å². The summed E-state index contributed by atoms with van der Waals surface area (Å²) < 4.78 is 7.07. The van der Waals surface area contributed by atoms with Crippen LogP contribution in [0.5, 0.6) is 5.75 Å². The third-order valence-electron chi connectivity index (χ3n) is 5.52.